The fourth-order valence-electron chi connectivity index (χ4n) is 3.36. The van der Waals surface area contributed by atoms with E-state index in [4.69, 9.17) is 9.47 Å². The molecule has 1 fully saturated rings. The smallest absolute Gasteiger partial charge is 0.295 e. The summed E-state index contributed by atoms with van der Waals surface area (Å²) in [6.45, 7) is 2.29. The monoisotopic (exact) mass is 382 g/mol. The van der Waals surface area contributed by atoms with Crippen molar-refractivity contribution < 1.29 is 24.2 Å². The van der Waals surface area contributed by atoms with Crippen LogP contribution in [-0.2, 0) is 14.3 Å². The Morgan fingerprint density at radius 2 is 2.04 bits per heavy atom. The lowest BCUT2D eigenvalue weighted by Crippen LogP contribution is -2.32. The molecule has 2 aromatic rings. The quantitative estimate of drug-likeness (QED) is 0.469. The second-order valence-corrected chi connectivity index (χ2v) is 6.45. The molecular weight excluding hydrogens is 360 g/mol. The molecule has 28 heavy (non-hydrogen) atoms. The van der Waals surface area contributed by atoms with Crippen molar-refractivity contribution in [2.75, 3.05) is 27.4 Å². The number of aromatic nitrogens is 1. The molecule has 0 bridgehead atoms. The number of carbonyl (C=O) groups excluding carboxylic acids is 2. The normalized spacial score (nSPS) is 18.5. The van der Waals surface area contributed by atoms with Crippen molar-refractivity contribution in [3.8, 4) is 5.75 Å². The Kier molecular flexibility index (Phi) is 5.75. The third-order valence-corrected chi connectivity index (χ3v) is 4.77. The zero-order valence-corrected chi connectivity index (χ0v) is 16.0. The molecule has 7 heteroatoms. The van der Waals surface area contributed by atoms with Gasteiger partial charge in [0.1, 0.15) is 11.5 Å². The average molecular weight is 382 g/mol. The molecule has 0 spiro atoms. The number of carbonyl (C=O) groups is 2. The minimum absolute atomic E-state index is 0.0439. The van der Waals surface area contributed by atoms with Crippen LogP contribution < -0.4 is 4.74 Å². The van der Waals surface area contributed by atoms with Crippen molar-refractivity contribution in [2.45, 2.75) is 13.0 Å². The molecule has 7 nitrogen and oxygen atoms in total. The molecule has 0 aliphatic carbocycles. The number of methoxy groups -OCH3 is 2. The van der Waals surface area contributed by atoms with Crippen LogP contribution in [0.1, 0.15) is 22.7 Å². The van der Waals surface area contributed by atoms with Crippen LogP contribution in [0.3, 0.4) is 0 Å². The van der Waals surface area contributed by atoms with Crippen molar-refractivity contribution in [1.82, 2.24) is 9.88 Å². The lowest BCUT2D eigenvalue weighted by molar-refractivity contribution is -0.140. The Morgan fingerprint density at radius 3 is 2.64 bits per heavy atom. The fraction of sp³-hybridized carbons (Fsp3) is 0.286. The summed E-state index contributed by atoms with van der Waals surface area (Å²) >= 11 is 0. The van der Waals surface area contributed by atoms with Gasteiger partial charge in [0.2, 0.25) is 0 Å². The van der Waals surface area contributed by atoms with Crippen molar-refractivity contribution >= 4 is 17.4 Å². The van der Waals surface area contributed by atoms with Gasteiger partial charge in [0.15, 0.2) is 0 Å². The highest BCUT2D eigenvalue weighted by atomic mass is 16.5. The molecule has 3 rings (SSSR count). The highest BCUT2D eigenvalue weighted by molar-refractivity contribution is 6.46. The van der Waals surface area contributed by atoms with E-state index in [1.807, 2.05) is 0 Å². The fourth-order valence-corrected chi connectivity index (χ4v) is 3.36. The van der Waals surface area contributed by atoms with E-state index in [0.717, 1.165) is 5.56 Å². The Labute approximate surface area is 163 Å². The van der Waals surface area contributed by atoms with Gasteiger partial charge in [-0.2, -0.15) is 0 Å². The lowest BCUT2D eigenvalue weighted by Gasteiger charge is -2.24. The van der Waals surface area contributed by atoms with Gasteiger partial charge in [-0.05, 0) is 42.3 Å². The van der Waals surface area contributed by atoms with E-state index in [2.05, 4.69) is 4.98 Å². The van der Waals surface area contributed by atoms with Gasteiger partial charge in [-0.15, -0.1) is 0 Å². The molecule has 2 heterocycles. The first-order valence-electron chi connectivity index (χ1n) is 8.81. The number of Topliss-reactive ketones (excluding diaryl/α,β-unsaturated/α-hetero) is 1. The summed E-state index contributed by atoms with van der Waals surface area (Å²) in [5.74, 6) is -0.970. The maximum Gasteiger partial charge on any atom is 0.295 e. The van der Waals surface area contributed by atoms with E-state index in [1.54, 1.807) is 56.8 Å². The predicted molar refractivity (Wildman–Crippen MR) is 103 cm³/mol. The van der Waals surface area contributed by atoms with Gasteiger partial charge in [-0.1, -0.05) is 6.07 Å². The molecule has 1 aliphatic heterocycles. The number of aliphatic hydroxyl groups is 1. The minimum atomic E-state index is -0.731. The molecule has 1 aromatic heterocycles. The molecule has 1 aromatic carbocycles. The predicted octanol–water partition coefficient (Wildman–Crippen LogP) is 2.47. The summed E-state index contributed by atoms with van der Waals surface area (Å²) in [6, 6.07) is 7.90. The van der Waals surface area contributed by atoms with E-state index in [-0.39, 0.29) is 24.5 Å². The number of pyridine rings is 1. The first kappa shape index (κ1) is 19.6. The number of aryl methyl sites for hydroxylation is 1. The van der Waals surface area contributed by atoms with Crippen LogP contribution >= 0.6 is 0 Å². The van der Waals surface area contributed by atoms with E-state index < -0.39 is 17.7 Å². The molecule has 0 radical (unpaired) electrons. The van der Waals surface area contributed by atoms with Crippen LogP contribution in [0.4, 0.5) is 0 Å². The van der Waals surface area contributed by atoms with Gasteiger partial charge in [-0.3, -0.25) is 14.6 Å². The van der Waals surface area contributed by atoms with Crippen LogP contribution in [0.5, 0.6) is 5.75 Å². The van der Waals surface area contributed by atoms with Crippen molar-refractivity contribution in [2.24, 2.45) is 0 Å². The highest BCUT2D eigenvalue weighted by Crippen LogP contribution is 2.39. The molecule has 1 N–H and O–H groups in total. The molecule has 1 aliphatic rings. The zero-order valence-electron chi connectivity index (χ0n) is 16.0. The second-order valence-electron chi connectivity index (χ2n) is 6.45. The maximum atomic E-state index is 12.8. The summed E-state index contributed by atoms with van der Waals surface area (Å²) in [7, 11) is 3.08. The minimum Gasteiger partial charge on any atom is -0.507 e. The summed E-state index contributed by atoms with van der Waals surface area (Å²) in [5.41, 5.74) is 1.89. The third-order valence-electron chi connectivity index (χ3n) is 4.77. The Hall–Kier alpha value is -3.19. The molecule has 1 atom stereocenters. The van der Waals surface area contributed by atoms with Gasteiger partial charge >= 0.3 is 0 Å². The first-order valence-corrected chi connectivity index (χ1v) is 8.81. The van der Waals surface area contributed by atoms with Gasteiger partial charge in [0.05, 0.1) is 25.3 Å². The van der Waals surface area contributed by atoms with Gasteiger partial charge in [-0.25, -0.2) is 0 Å². The SMILES string of the molecule is COCCN1C(=O)C(=O)/C(=C(\O)c2ccc(OC)cc2C)C1c1cccnc1. The number of likely N-dealkylation sites (tertiary alicyclic amines) is 1. The molecule has 1 saturated heterocycles. The highest BCUT2D eigenvalue weighted by Gasteiger charge is 2.46. The number of hydrogen-bond donors (Lipinski definition) is 1. The van der Waals surface area contributed by atoms with Crippen molar-refractivity contribution in [1.29, 1.82) is 0 Å². The number of aliphatic hydroxyl groups excluding tert-OH is 1. The number of hydrogen-bond acceptors (Lipinski definition) is 6. The van der Waals surface area contributed by atoms with Crippen molar-refractivity contribution in [3.63, 3.8) is 0 Å². The third kappa shape index (κ3) is 3.48. The van der Waals surface area contributed by atoms with Gasteiger partial charge in [0.25, 0.3) is 11.7 Å². The molecule has 0 saturated carbocycles. The van der Waals surface area contributed by atoms with Crippen LogP contribution in [0.25, 0.3) is 5.76 Å². The number of ether oxygens (including phenoxy) is 2. The average Bonchev–Trinajstić information content (AvgIpc) is 2.97. The number of benzene rings is 1. The van der Waals surface area contributed by atoms with Crippen LogP contribution in [-0.4, -0.2) is 54.1 Å². The molecular formula is C21H22N2O5. The summed E-state index contributed by atoms with van der Waals surface area (Å²) in [4.78, 5) is 31.0. The van der Waals surface area contributed by atoms with E-state index in [0.29, 0.717) is 16.9 Å². The first-order chi connectivity index (χ1) is 13.5. The van der Waals surface area contributed by atoms with Crippen LogP contribution in [0.2, 0.25) is 0 Å². The second kappa shape index (κ2) is 8.22. The maximum absolute atomic E-state index is 12.8. The standard InChI is InChI=1S/C21H22N2O5/c1-13-11-15(28-3)6-7-16(13)19(24)17-18(14-5-4-8-22-12-14)23(9-10-27-2)21(26)20(17)25/h4-8,11-12,18,24H,9-10H2,1-3H3/b19-17-. The number of nitrogens with zero attached hydrogens (tertiary/aromatic N) is 2. The summed E-state index contributed by atoms with van der Waals surface area (Å²) < 4.78 is 10.3. The molecule has 1 amide bonds. The Bertz CT molecular complexity index is 924. The Morgan fingerprint density at radius 1 is 1.25 bits per heavy atom. The number of amides is 1. The largest absolute Gasteiger partial charge is 0.507 e. The molecule has 1 unspecified atom stereocenters. The lowest BCUT2D eigenvalue weighted by atomic mass is 9.94. The topological polar surface area (TPSA) is 89.0 Å². The summed E-state index contributed by atoms with van der Waals surface area (Å²) in [5, 5.41) is 11.0. The van der Waals surface area contributed by atoms with Crippen LogP contribution in [0.15, 0.2) is 48.3 Å². The van der Waals surface area contributed by atoms with Gasteiger partial charge in [0, 0.05) is 31.6 Å². The van der Waals surface area contributed by atoms with E-state index >= 15 is 0 Å². The van der Waals surface area contributed by atoms with Gasteiger partial charge < -0.3 is 19.5 Å². The van der Waals surface area contributed by atoms with Crippen LogP contribution in [0, 0.1) is 6.92 Å². The zero-order chi connectivity index (χ0) is 20.3. The Balaban J connectivity index is 2.16. The number of ketones is 1. The van der Waals surface area contributed by atoms with Crippen molar-refractivity contribution in [3.05, 3.63) is 65.0 Å². The van der Waals surface area contributed by atoms with E-state index in [1.165, 1.54) is 12.0 Å². The molecule has 146 valence electrons. The van der Waals surface area contributed by atoms with E-state index in [9.17, 15) is 14.7 Å². The number of rotatable bonds is 6. The summed E-state index contributed by atoms with van der Waals surface area (Å²) in [6.07, 6.45) is 3.20.